The lowest BCUT2D eigenvalue weighted by Crippen LogP contribution is -2.46. The summed E-state index contributed by atoms with van der Waals surface area (Å²) >= 11 is 3.20. The van der Waals surface area contributed by atoms with E-state index >= 15 is 0 Å². The van der Waals surface area contributed by atoms with E-state index in [0.717, 1.165) is 0 Å². The lowest BCUT2D eigenvalue weighted by Gasteiger charge is -2.30. The van der Waals surface area contributed by atoms with E-state index in [4.69, 9.17) is 0 Å². The molecule has 1 aliphatic heterocycles. The molecule has 0 saturated heterocycles. The first-order valence-electron chi connectivity index (χ1n) is 5.58. The molecule has 1 aliphatic rings. The van der Waals surface area contributed by atoms with Crippen LogP contribution in [-0.4, -0.2) is 28.2 Å². The van der Waals surface area contributed by atoms with Crippen molar-refractivity contribution in [2.24, 2.45) is 0 Å². The number of nitro groups is 1. The Bertz CT molecular complexity index is 544. The second-order valence-electron chi connectivity index (χ2n) is 4.07. The SMILES string of the molecule is CN1C(=O)N[C@@H](c2ccccc2)C([N+](=O)[O-])=C1CBr. The fourth-order valence-electron chi connectivity index (χ4n) is 2.01. The largest absolute Gasteiger partial charge is 0.322 e. The van der Waals surface area contributed by atoms with Gasteiger partial charge in [0.2, 0.25) is 0 Å². The standard InChI is InChI=1S/C12H12BrN3O3/c1-15-9(7-13)11(16(18)19)10(14-12(15)17)8-5-3-2-4-6-8/h2-6,10H,7H2,1H3,(H,14,17)/t10-/m0/s1. The maximum absolute atomic E-state index is 11.9. The highest BCUT2D eigenvalue weighted by Gasteiger charge is 2.39. The monoisotopic (exact) mass is 325 g/mol. The number of allylic oxidation sites excluding steroid dienone is 1. The molecular weight excluding hydrogens is 314 g/mol. The molecule has 1 heterocycles. The smallest absolute Gasteiger partial charge is 0.321 e. The van der Waals surface area contributed by atoms with Gasteiger partial charge in [-0.3, -0.25) is 15.0 Å². The molecule has 1 atom stereocenters. The molecule has 0 saturated carbocycles. The van der Waals surface area contributed by atoms with E-state index in [1.54, 1.807) is 24.3 Å². The van der Waals surface area contributed by atoms with Crippen LogP contribution in [0.15, 0.2) is 41.7 Å². The lowest BCUT2D eigenvalue weighted by molar-refractivity contribution is -0.433. The second-order valence-corrected chi connectivity index (χ2v) is 4.64. The number of hydrogen-bond donors (Lipinski definition) is 1. The molecule has 0 fully saturated rings. The van der Waals surface area contributed by atoms with Gasteiger partial charge in [0.15, 0.2) is 0 Å². The highest BCUT2D eigenvalue weighted by atomic mass is 79.9. The molecule has 7 heteroatoms. The third-order valence-electron chi connectivity index (χ3n) is 3.00. The molecule has 0 bridgehead atoms. The van der Waals surface area contributed by atoms with Crippen LogP contribution in [0.3, 0.4) is 0 Å². The molecule has 1 aromatic rings. The molecule has 19 heavy (non-hydrogen) atoms. The van der Waals surface area contributed by atoms with Gasteiger partial charge in [-0.05, 0) is 5.56 Å². The molecule has 1 aromatic carbocycles. The van der Waals surface area contributed by atoms with Gasteiger partial charge in [0.05, 0.1) is 10.3 Å². The number of alkyl halides is 1. The van der Waals surface area contributed by atoms with Crippen LogP contribution in [-0.2, 0) is 0 Å². The van der Waals surface area contributed by atoms with Crippen LogP contribution in [0.5, 0.6) is 0 Å². The van der Waals surface area contributed by atoms with Crippen LogP contribution < -0.4 is 5.32 Å². The molecule has 2 rings (SSSR count). The number of carbonyl (C=O) groups is 1. The first kappa shape index (κ1) is 13.5. The third-order valence-corrected chi connectivity index (χ3v) is 3.53. The third kappa shape index (κ3) is 2.46. The molecule has 100 valence electrons. The van der Waals surface area contributed by atoms with Crippen molar-refractivity contribution in [2.45, 2.75) is 6.04 Å². The summed E-state index contributed by atoms with van der Waals surface area (Å²) in [4.78, 5) is 24.0. The van der Waals surface area contributed by atoms with Gasteiger partial charge in [-0.15, -0.1) is 0 Å². The average Bonchev–Trinajstić information content (AvgIpc) is 2.41. The van der Waals surface area contributed by atoms with Gasteiger partial charge < -0.3 is 5.32 Å². The van der Waals surface area contributed by atoms with Crippen LogP contribution in [0.4, 0.5) is 4.79 Å². The fourth-order valence-corrected chi connectivity index (χ4v) is 2.67. The van der Waals surface area contributed by atoms with Gasteiger partial charge in [-0.25, -0.2) is 4.79 Å². The Morgan fingerprint density at radius 1 is 1.42 bits per heavy atom. The quantitative estimate of drug-likeness (QED) is 0.526. The predicted molar refractivity (Wildman–Crippen MR) is 73.3 cm³/mol. The summed E-state index contributed by atoms with van der Waals surface area (Å²) in [6, 6.07) is 7.82. The van der Waals surface area contributed by atoms with Gasteiger partial charge in [0.1, 0.15) is 11.7 Å². The van der Waals surface area contributed by atoms with Crippen molar-refractivity contribution >= 4 is 22.0 Å². The van der Waals surface area contributed by atoms with Crippen LogP contribution >= 0.6 is 15.9 Å². The van der Waals surface area contributed by atoms with Crippen LogP contribution in [0.25, 0.3) is 0 Å². The van der Waals surface area contributed by atoms with E-state index in [2.05, 4.69) is 21.2 Å². The molecule has 0 radical (unpaired) electrons. The summed E-state index contributed by atoms with van der Waals surface area (Å²) in [5, 5.41) is 14.2. The molecule has 0 unspecified atom stereocenters. The van der Waals surface area contributed by atoms with Gasteiger partial charge in [-0.2, -0.15) is 0 Å². The first-order valence-corrected chi connectivity index (χ1v) is 6.71. The van der Waals surface area contributed by atoms with Crippen molar-refractivity contribution in [3.8, 4) is 0 Å². The topological polar surface area (TPSA) is 75.5 Å². The molecule has 2 amide bonds. The number of benzene rings is 1. The van der Waals surface area contributed by atoms with E-state index in [1.807, 2.05) is 6.07 Å². The Morgan fingerprint density at radius 3 is 2.58 bits per heavy atom. The number of rotatable bonds is 3. The summed E-state index contributed by atoms with van der Waals surface area (Å²) in [7, 11) is 1.51. The van der Waals surface area contributed by atoms with Crippen molar-refractivity contribution in [1.29, 1.82) is 0 Å². The summed E-state index contributed by atoms with van der Waals surface area (Å²) in [5.41, 5.74) is 1.04. The lowest BCUT2D eigenvalue weighted by atomic mass is 10.0. The molecule has 0 aliphatic carbocycles. The minimum Gasteiger partial charge on any atom is -0.321 e. The van der Waals surface area contributed by atoms with Crippen LogP contribution in [0.2, 0.25) is 0 Å². The Kier molecular flexibility index (Phi) is 3.84. The summed E-state index contributed by atoms with van der Waals surface area (Å²) < 4.78 is 0. The summed E-state index contributed by atoms with van der Waals surface area (Å²) in [6.07, 6.45) is 0. The highest BCUT2D eigenvalue weighted by Crippen LogP contribution is 2.30. The maximum Gasteiger partial charge on any atom is 0.322 e. The molecule has 0 spiro atoms. The van der Waals surface area contributed by atoms with Gasteiger partial charge in [-0.1, -0.05) is 46.3 Å². The minimum atomic E-state index is -0.729. The molecule has 6 nitrogen and oxygen atoms in total. The molecule has 1 N–H and O–H groups in total. The van der Waals surface area contributed by atoms with E-state index in [1.165, 1.54) is 11.9 Å². The zero-order valence-electron chi connectivity index (χ0n) is 10.2. The number of urea groups is 1. The maximum atomic E-state index is 11.9. The fraction of sp³-hybridized carbons (Fsp3) is 0.250. The van der Waals surface area contributed by atoms with Crippen molar-refractivity contribution in [3.63, 3.8) is 0 Å². The van der Waals surface area contributed by atoms with E-state index in [0.29, 0.717) is 11.3 Å². The zero-order valence-corrected chi connectivity index (χ0v) is 11.8. The second kappa shape index (κ2) is 5.40. The number of carbonyl (C=O) groups excluding carboxylic acids is 1. The molecule has 0 aromatic heterocycles. The van der Waals surface area contributed by atoms with Gasteiger partial charge in [0, 0.05) is 7.05 Å². The van der Waals surface area contributed by atoms with Crippen molar-refractivity contribution in [2.75, 3.05) is 12.4 Å². The Balaban J connectivity index is 2.56. The van der Waals surface area contributed by atoms with Crippen molar-refractivity contribution in [3.05, 3.63) is 57.4 Å². The Labute approximate surface area is 118 Å². The Hall–Kier alpha value is -1.89. The summed E-state index contributed by atoms with van der Waals surface area (Å²) in [6.45, 7) is 0. The highest BCUT2D eigenvalue weighted by molar-refractivity contribution is 9.09. The first-order chi connectivity index (χ1) is 9.06. The normalized spacial score (nSPS) is 19.4. The van der Waals surface area contributed by atoms with Gasteiger partial charge >= 0.3 is 6.03 Å². The predicted octanol–water partition coefficient (Wildman–Crippen LogP) is 2.27. The average molecular weight is 326 g/mol. The number of hydrogen-bond acceptors (Lipinski definition) is 3. The van der Waals surface area contributed by atoms with Gasteiger partial charge in [0.25, 0.3) is 5.70 Å². The molecular formula is C12H12BrN3O3. The minimum absolute atomic E-state index is 0.00910. The van der Waals surface area contributed by atoms with Crippen molar-refractivity contribution < 1.29 is 9.72 Å². The zero-order chi connectivity index (χ0) is 14.0. The Morgan fingerprint density at radius 2 is 2.05 bits per heavy atom. The number of halogens is 1. The van der Waals surface area contributed by atoms with E-state index in [-0.39, 0.29) is 17.1 Å². The number of nitrogens with zero attached hydrogens (tertiary/aromatic N) is 2. The summed E-state index contributed by atoms with van der Waals surface area (Å²) in [5.74, 6) is 0. The van der Waals surface area contributed by atoms with Crippen LogP contribution in [0, 0.1) is 10.1 Å². The van der Waals surface area contributed by atoms with E-state index in [9.17, 15) is 14.9 Å². The number of amides is 2. The van der Waals surface area contributed by atoms with Crippen LogP contribution in [0.1, 0.15) is 11.6 Å². The van der Waals surface area contributed by atoms with Crippen molar-refractivity contribution in [1.82, 2.24) is 10.2 Å². The van der Waals surface area contributed by atoms with E-state index < -0.39 is 11.0 Å². The number of nitrogens with one attached hydrogen (secondary N) is 1.